The van der Waals surface area contributed by atoms with E-state index in [2.05, 4.69) is 4.74 Å². The van der Waals surface area contributed by atoms with E-state index in [0.29, 0.717) is 0 Å². The summed E-state index contributed by atoms with van der Waals surface area (Å²) in [6.45, 7) is 3.60. The van der Waals surface area contributed by atoms with Gasteiger partial charge in [0, 0.05) is 12.3 Å². The maximum atomic E-state index is 13.2. The average molecular weight is 409 g/mol. The third kappa shape index (κ3) is 8.41. The van der Waals surface area contributed by atoms with Gasteiger partial charge in [-0.3, -0.25) is 19.1 Å². The van der Waals surface area contributed by atoms with Gasteiger partial charge in [0.2, 0.25) is 0 Å². The highest BCUT2D eigenvalue weighted by Gasteiger charge is 2.36. The quantitative estimate of drug-likeness (QED) is 0.206. The Morgan fingerprint density at radius 2 is 1.92 bits per heavy atom. The summed E-state index contributed by atoms with van der Waals surface area (Å²) in [7, 11) is 2.77. The van der Waals surface area contributed by atoms with E-state index in [1.54, 1.807) is 27.7 Å². The molecule has 11 heteroatoms. The van der Waals surface area contributed by atoms with Crippen LogP contribution in [0.4, 0.5) is 0 Å². The van der Waals surface area contributed by atoms with E-state index in [1.165, 1.54) is 23.7 Å². The van der Waals surface area contributed by atoms with E-state index >= 15 is 0 Å². The number of nitrogens with zero attached hydrogens (tertiary/aromatic N) is 3. The molecule has 0 spiro atoms. The first kappa shape index (κ1) is 24.7. The van der Waals surface area contributed by atoms with Gasteiger partial charge in [-0.1, -0.05) is 11.4 Å². The number of hydrogen-bond acceptors (Lipinski definition) is 9. The lowest BCUT2D eigenvalue weighted by Crippen LogP contribution is -2.36. The van der Waals surface area contributed by atoms with Crippen LogP contribution >= 0.6 is 18.1 Å². The van der Waals surface area contributed by atoms with E-state index in [0.717, 1.165) is 11.4 Å². The van der Waals surface area contributed by atoms with Crippen LogP contribution < -0.4 is 0 Å². The fraction of sp³-hybridized carbons (Fsp3) is 0.800. The molecule has 150 valence electrons. The Kier molecular flexibility index (Phi) is 11.6. The average Bonchev–Trinajstić information content (AvgIpc) is 2.58. The van der Waals surface area contributed by atoms with Crippen LogP contribution in [0.1, 0.15) is 27.7 Å². The topological polar surface area (TPSA) is 109 Å². The molecule has 0 aromatic rings. The Labute approximate surface area is 159 Å². The molecule has 26 heavy (non-hydrogen) atoms. The molecule has 0 fully saturated rings. The van der Waals surface area contributed by atoms with E-state index in [9.17, 15) is 14.2 Å². The largest absolute Gasteiger partial charge is 0.468 e. The van der Waals surface area contributed by atoms with Gasteiger partial charge in [0.15, 0.2) is 6.19 Å². The molecular formula is C15H28N3O6PS. The lowest BCUT2D eigenvalue weighted by molar-refractivity contribution is -0.151. The Balaban J connectivity index is 4.91. The number of carbonyl (C=O) groups excluding carboxylic acids is 2. The minimum absolute atomic E-state index is 0.181. The van der Waals surface area contributed by atoms with Crippen LogP contribution in [0.2, 0.25) is 0 Å². The first-order valence-corrected chi connectivity index (χ1v) is 11.3. The third-order valence-corrected chi connectivity index (χ3v) is 8.25. The summed E-state index contributed by atoms with van der Waals surface area (Å²) in [6, 6.07) is -0.760. The van der Waals surface area contributed by atoms with E-state index in [4.69, 9.17) is 14.5 Å². The molecule has 0 N–H and O–H groups in total. The van der Waals surface area contributed by atoms with Gasteiger partial charge in [-0.15, -0.1) is 0 Å². The van der Waals surface area contributed by atoms with Gasteiger partial charge < -0.3 is 14.0 Å². The zero-order valence-electron chi connectivity index (χ0n) is 16.1. The highest BCUT2D eigenvalue weighted by atomic mass is 32.7. The second-order valence-electron chi connectivity index (χ2n) is 5.55. The van der Waals surface area contributed by atoms with Crippen molar-refractivity contribution >= 4 is 30.0 Å². The van der Waals surface area contributed by atoms with Crippen molar-refractivity contribution in [3.05, 3.63) is 0 Å². The lowest BCUT2D eigenvalue weighted by Gasteiger charge is -2.31. The first-order chi connectivity index (χ1) is 12.1. The first-order valence-electron chi connectivity index (χ1n) is 8.15. The lowest BCUT2D eigenvalue weighted by atomic mass is 10.3. The number of likely N-dealkylation sites (N-methyl/N-ethyl adjacent to an activating group) is 1. The highest BCUT2D eigenvalue weighted by molar-refractivity contribution is 8.55. The normalized spacial score (nSPS) is 14.4. The molecular weight excluding hydrogens is 381 g/mol. The van der Waals surface area contributed by atoms with Crippen LogP contribution in [0.5, 0.6) is 0 Å². The van der Waals surface area contributed by atoms with Crippen LogP contribution in [0.3, 0.4) is 0 Å². The zero-order valence-corrected chi connectivity index (χ0v) is 17.8. The molecule has 0 unspecified atom stereocenters. The predicted octanol–water partition coefficient (Wildman–Crippen LogP) is 2.09. The molecule has 0 aromatic carbocycles. The third-order valence-electron chi connectivity index (χ3n) is 3.24. The molecule has 0 aromatic heterocycles. The number of carbonyl (C=O) groups is 2. The van der Waals surface area contributed by atoms with E-state index in [1.807, 2.05) is 6.19 Å². The predicted molar refractivity (Wildman–Crippen MR) is 99.3 cm³/mol. The van der Waals surface area contributed by atoms with Crippen LogP contribution in [-0.4, -0.2) is 73.3 Å². The number of nitriles is 1. The second-order valence-corrected chi connectivity index (χ2v) is 10.2. The summed E-state index contributed by atoms with van der Waals surface area (Å²) < 4.78 is 29.6. The maximum Gasteiger partial charge on any atom is 0.329 e. The van der Waals surface area contributed by atoms with Gasteiger partial charge >= 0.3 is 18.7 Å². The summed E-state index contributed by atoms with van der Waals surface area (Å²) in [5.41, 5.74) is 0. The smallest absolute Gasteiger partial charge is 0.329 e. The SMILES string of the molecule is CCO[P@@](=O)(SCCN(C#N)CC(=O)OC)N(C)[C@@H](C)C(=O)OC(C)C. The summed E-state index contributed by atoms with van der Waals surface area (Å²) in [5, 5.41) is 9.04. The van der Waals surface area contributed by atoms with Gasteiger partial charge in [0.1, 0.15) is 12.6 Å². The minimum Gasteiger partial charge on any atom is -0.468 e. The molecule has 9 nitrogen and oxygen atoms in total. The molecule has 0 aliphatic carbocycles. The van der Waals surface area contributed by atoms with Gasteiger partial charge in [-0.25, -0.2) is 4.67 Å². The fourth-order valence-electron chi connectivity index (χ4n) is 1.73. The van der Waals surface area contributed by atoms with E-state index < -0.39 is 24.7 Å². The Hall–Kier alpha value is -1.27. The minimum atomic E-state index is -3.37. The Morgan fingerprint density at radius 1 is 1.31 bits per heavy atom. The summed E-state index contributed by atoms with van der Waals surface area (Å²) in [4.78, 5) is 24.5. The van der Waals surface area contributed by atoms with Crippen molar-refractivity contribution in [2.75, 3.05) is 39.6 Å². The molecule has 0 bridgehead atoms. The van der Waals surface area contributed by atoms with Crippen LogP contribution in [-0.2, 0) is 28.2 Å². The Bertz CT molecular complexity index is 554. The van der Waals surface area contributed by atoms with Crippen molar-refractivity contribution in [2.45, 2.75) is 39.8 Å². The number of rotatable bonds is 12. The molecule has 0 aliphatic rings. The number of methoxy groups -OCH3 is 1. The fourth-order valence-corrected chi connectivity index (χ4v) is 5.99. The van der Waals surface area contributed by atoms with Crippen molar-refractivity contribution in [1.29, 1.82) is 5.26 Å². The molecule has 0 saturated carbocycles. The van der Waals surface area contributed by atoms with Crippen molar-refractivity contribution in [1.82, 2.24) is 9.57 Å². The molecule has 0 radical (unpaired) electrons. The van der Waals surface area contributed by atoms with Crippen LogP contribution in [0.25, 0.3) is 0 Å². The van der Waals surface area contributed by atoms with Gasteiger partial charge in [-0.2, -0.15) is 5.26 Å². The molecule has 0 aliphatic heterocycles. The van der Waals surface area contributed by atoms with Crippen molar-refractivity contribution in [3.63, 3.8) is 0 Å². The standard InChI is InChI=1S/C15H28N3O6PS/c1-7-23-25(21,17(5)13(4)15(20)24-12(2)3)26-9-8-18(11-16)10-14(19)22-6/h12-13H,7-10H2,1-6H3/t13-,25+/m0/s1. The second kappa shape index (κ2) is 12.2. The van der Waals surface area contributed by atoms with Crippen molar-refractivity contribution in [3.8, 4) is 6.19 Å². The highest BCUT2D eigenvalue weighted by Crippen LogP contribution is 2.62. The molecule has 0 amide bonds. The van der Waals surface area contributed by atoms with Gasteiger partial charge in [-0.05, 0) is 34.7 Å². The molecule has 0 rings (SSSR count). The number of ether oxygens (including phenoxy) is 2. The van der Waals surface area contributed by atoms with Crippen LogP contribution in [0, 0.1) is 11.5 Å². The monoisotopic (exact) mass is 409 g/mol. The van der Waals surface area contributed by atoms with Crippen LogP contribution in [0.15, 0.2) is 0 Å². The molecule has 2 atom stereocenters. The summed E-state index contributed by atoms with van der Waals surface area (Å²) in [6.07, 6.45) is 1.60. The van der Waals surface area contributed by atoms with Gasteiger partial charge in [0.25, 0.3) is 0 Å². The van der Waals surface area contributed by atoms with Crippen molar-refractivity contribution in [2.24, 2.45) is 0 Å². The molecule has 0 saturated heterocycles. The number of hydrogen-bond donors (Lipinski definition) is 0. The molecule has 0 heterocycles. The zero-order chi connectivity index (χ0) is 20.3. The summed E-state index contributed by atoms with van der Waals surface area (Å²) in [5.74, 6) is -0.767. The van der Waals surface area contributed by atoms with E-state index in [-0.39, 0.29) is 31.6 Å². The van der Waals surface area contributed by atoms with Gasteiger partial charge in [0.05, 0.1) is 19.8 Å². The number of esters is 2. The maximum absolute atomic E-state index is 13.2. The van der Waals surface area contributed by atoms with Crippen molar-refractivity contribution < 1.29 is 28.2 Å². The Morgan fingerprint density at radius 3 is 2.38 bits per heavy atom. The summed E-state index contributed by atoms with van der Waals surface area (Å²) >= 11 is 1.01.